The third kappa shape index (κ3) is 5.73. The van der Waals surface area contributed by atoms with Crippen LogP contribution in [0.15, 0.2) is 65.3 Å². The van der Waals surface area contributed by atoms with E-state index in [0.717, 1.165) is 43.3 Å². The molecule has 0 N–H and O–H groups in total. The molecule has 0 bridgehead atoms. The highest BCUT2D eigenvalue weighted by atomic mass is 35.5. The van der Waals surface area contributed by atoms with E-state index in [1.165, 1.54) is 11.1 Å². The smallest absolute Gasteiger partial charge is 0.0499 e. The maximum atomic E-state index is 5.94. The van der Waals surface area contributed by atoms with Gasteiger partial charge < -0.3 is 0 Å². The number of nitrogens with zero attached hydrogens (tertiary/aromatic N) is 3. The Morgan fingerprint density at radius 1 is 1.00 bits per heavy atom. The minimum Gasteiger partial charge on any atom is -0.295 e. The van der Waals surface area contributed by atoms with Crippen LogP contribution in [0.5, 0.6) is 0 Å². The molecule has 0 saturated carbocycles. The molecule has 4 heteroatoms. The molecule has 0 amide bonds. The van der Waals surface area contributed by atoms with Crippen LogP contribution in [-0.2, 0) is 6.54 Å². The number of rotatable bonds is 5. The van der Waals surface area contributed by atoms with Crippen LogP contribution in [0, 0.1) is 0 Å². The van der Waals surface area contributed by atoms with Gasteiger partial charge in [0, 0.05) is 44.0 Å². The Morgan fingerprint density at radius 3 is 2.36 bits per heavy atom. The lowest BCUT2D eigenvalue weighted by Gasteiger charge is -2.33. The highest BCUT2D eigenvalue weighted by molar-refractivity contribution is 6.30. The largest absolute Gasteiger partial charge is 0.295 e. The molecule has 2 aromatic rings. The summed E-state index contributed by atoms with van der Waals surface area (Å²) in [5, 5.41) is 7.58. The van der Waals surface area contributed by atoms with Gasteiger partial charge in [-0.05, 0) is 35.8 Å². The van der Waals surface area contributed by atoms with E-state index < -0.39 is 0 Å². The van der Waals surface area contributed by atoms with E-state index >= 15 is 0 Å². The van der Waals surface area contributed by atoms with Crippen molar-refractivity contribution in [3.63, 3.8) is 0 Å². The molecule has 0 unspecified atom stereocenters. The van der Waals surface area contributed by atoms with E-state index in [4.69, 9.17) is 11.6 Å². The van der Waals surface area contributed by atoms with Gasteiger partial charge in [-0.2, -0.15) is 5.10 Å². The van der Waals surface area contributed by atoms with Crippen LogP contribution in [0.4, 0.5) is 0 Å². The molecule has 25 heavy (non-hydrogen) atoms. The molecule has 2 aromatic carbocycles. The van der Waals surface area contributed by atoms with Crippen molar-refractivity contribution in [2.24, 2.45) is 5.10 Å². The molecule has 1 saturated heterocycles. The van der Waals surface area contributed by atoms with E-state index in [1.54, 1.807) is 0 Å². The Labute approximate surface area is 155 Å². The molecule has 1 heterocycles. The minimum absolute atomic E-state index is 0.793. The number of benzene rings is 2. The van der Waals surface area contributed by atoms with Gasteiger partial charge in [-0.25, -0.2) is 0 Å². The second-order valence-electron chi connectivity index (χ2n) is 6.40. The fourth-order valence-electron chi connectivity index (χ4n) is 2.88. The topological polar surface area (TPSA) is 18.8 Å². The maximum absolute atomic E-state index is 5.94. The van der Waals surface area contributed by atoms with Crippen LogP contribution < -0.4 is 0 Å². The second-order valence-corrected chi connectivity index (χ2v) is 6.84. The molecule has 0 atom stereocenters. The van der Waals surface area contributed by atoms with Gasteiger partial charge in [0.2, 0.25) is 0 Å². The summed E-state index contributed by atoms with van der Waals surface area (Å²) in [5.41, 5.74) is 3.68. The lowest BCUT2D eigenvalue weighted by atomic mass is 10.1. The summed E-state index contributed by atoms with van der Waals surface area (Å²) in [6, 6.07) is 18.5. The predicted octanol–water partition coefficient (Wildman–Crippen LogP) is 4.55. The van der Waals surface area contributed by atoms with Crippen LogP contribution in [0.25, 0.3) is 6.08 Å². The summed E-state index contributed by atoms with van der Waals surface area (Å²) < 4.78 is 0. The number of piperazine rings is 1. The molecular formula is C21H24ClN3. The highest BCUT2D eigenvalue weighted by Crippen LogP contribution is 2.13. The Bertz CT molecular complexity index is 715. The second kappa shape index (κ2) is 8.84. The van der Waals surface area contributed by atoms with Gasteiger partial charge in [0.1, 0.15) is 0 Å². The zero-order chi connectivity index (χ0) is 17.5. The third-order valence-corrected chi connectivity index (χ3v) is 4.54. The van der Waals surface area contributed by atoms with Crippen molar-refractivity contribution in [2.75, 3.05) is 26.2 Å². The number of hydrazone groups is 1. The Balaban J connectivity index is 1.47. The average Bonchev–Trinajstić information content (AvgIpc) is 2.64. The van der Waals surface area contributed by atoms with Crippen molar-refractivity contribution in [3.8, 4) is 0 Å². The predicted molar refractivity (Wildman–Crippen MR) is 107 cm³/mol. The Hall–Kier alpha value is -2.10. The lowest BCUT2D eigenvalue weighted by Crippen LogP contribution is -2.43. The van der Waals surface area contributed by atoms with Crippen LogP contribution in [0.3, 0.4) is 0 Å². The standard InChI is InChI=1S/C21H24ClN3/c1-18(15-19-5-3-2-4-6-19)16-23-25-13-11-24(12-14-25)17-20-7-9-21(22)10-8-20/h2-10,15-16H,11-14,17H2,1H3/b18-15-,23-16-. The van der Waals surface area contributed by atoms with Crippen molar-refractivity contribution in [1.29, 1.82) is 0 Å². The van der Waals surface area contributed by atoms with Crippen molar-refractivity contribution >= 4 is 23.9 Å². The first-order chi connectivity index (χ1) is 12.2. The Morgan fingerprint density at radius 2 is 1.68 bits per heavy atom. The monoisotopic (exact) mass is 353 g/mol. The summed E-state index contributed by atoms with van der Waals surface area (Å²) in [7, 11) is 0. The van der Waals surface area contributed by atoms with Crippen molar-refractivity contribution < 1.29 is 0 Å². The fraction of sp³-hybridized carbons (Fsp3) is 0.286. The quantitative estimate of drug-likeness (QED) is 0.734. The molecule has 130 valence electrons. The van der Waals surface area contributed by atoms with Gasteiger partial charge in [0.25, 0.3) is 0 Å². The molecule has 1 fully saturated rings. The van der Waals surface area contributed by atoms with Crippen molar-refractivity contribution in [3.05, 3.63) is 76.3 Å². The van der Waals surface area contributed by atoms with E-state index in [2.05, 4.69) is 64.4 Å². The van der Waals surface area contributed by atoms with Crippen LogP contribution in [-0.4, -0.2) is 42.3 Å². The molecule has 0 radical (unpaired) electrons. The van der Waals surface area contributed by atoms with Crippen LogP contribution in [0.1, 0.15) is 18.1 Å². The SMILES string of the molecule is CC(/C=N\N1CCN(Cc2ccc(Cl)cc2)CC1)=C/c1ccccc1. The fourth-order valence-corrected chi connectivity index (χ4v) is 3.01. The summed E-state index contributed by atoms with van der Waals surface area (Å²) in [4.78, 5) is 2.46. The van der Waals surface area contributed by atoms with Gasteiger partial charge in [0.05, 0.1) is 0 Å². The maximum Gasteiger partial charge on any atom is 0.0499 e. The van der Waals surface area contributed by atoms with Gasteiger partial charge in [0.15, 0.2) is 0 Å². The summed E-state index contributed by atoms with van der Waals surface area (Å²) in [6.07, 6.45) is 4.11. The zero-order valence-corrected chi connectivity index (χ0v) is 15.4. The Kier molecular flexibility index (Phi) is 6.26. The van der Waals surface area contributed by atoms with E-state index in [0.29, 0.717) is 0 Å². The van der Waals surface area contributed by atoms with E-state index in [1.807, 2.05) is 24.4 Å². The lowest BCUT2D eigenvalue weighted by molar-refractivity contribution is 0.131. The molecule has 0 spiro atoms. The molecule has 1 aliphatic rings. The van der Waals surface area contributed by atoms with Crippen molar-refractivity contribution in [2.45, 2.75) is 13.5 Å². The average molecular weight is 354 g/mol. The van der Waals surface area contributed by atoms with Crippen LogP contribution >= 0.6 is 11.6 Å². The molecule has 3 rings (SSSR count). The minimum atomic E-state index is 0.793. The van der Waals surface area contributed by atoms with Gasteiger partial charge >= 0.3 is 0 Å². The normalized spacial score (nSPS) is 16.6. The number of hydrogen-bond acceptors (Lipinski definition) is 3. The first-order valence-corrected chi connectivity index (χ1v) is 9.06. The van der Waals surface area contributed by atoms with E-state index in [9.17, 15) is 0 Å². The summed E-state index contributed by atoms with van der Waals surface area (Å²) in [6.45, 7) is 7.04. The van der Waals surface area contributed by atoms with Gasteiger partial charge in [-0.15, -0.1) is 0 Å². The summed E-state index contributed by atoms with van der Waals surface area (Å²) in [5.74, 6) is 0. The number of allylic oxidation sites excluding steroid dienone is 1. The third-order valence-electron chi connectivity index (χ3n) is 4.29. The highest BCUT2D eigenvalue weighted by Gasteiger charge is 2.15. The molecule has 3 nitrogen and oxygen atoms in total. The van der Waals surface area contributed by atoms with E-state index in [-0.39, 0.29) is 0 Å². The molecular weight excluding hydrogens is 330 g/mol. The van der Waals surface area contributed by atoms with Crippen molar-refractivity contribution in [1.82, 2.24) is 9.91 Å². The molecule has 1 aliphatic heterocycles. The first-order valence-electron chi connectivity index (χ1n) is 8.68. The summed E-state index contributed by atoms with van der Waals surface area (Å²) >= 11 is 5.94. The van der Waals surface area contributed by atoms with Gasteiger partial charge in [-0.3, -0.25) is 9.91 Å². The van der Waals surface area contributed by atoms with Crippen LogP contribution in [0.2, 0.25) is 5.02 Å². The number of halogens is 1. The zero-order valence-electron chi connectivity index (χ0n) is 14.6. The first kappa shape index (κ1) is 17.7. The number of hydrogen-bond donors (Lipinski definition) is 0. The molecule has 0 aliphatic carbocycles. The molecule has 0 aromatic heterocycles. The van der Waals surface area contributed by atoms with Gasteiger partial charge in [-0.1, -0.05) is 60.1 Å².